The van der Waals surface area contributed by atoms with Gasteiger partial charge in [-0.05, 0) is 25.0 Å². The molecule has 0 amide bonds. The van der Waals surface area contributed by atoms with Crippen LogP contribution in [0.1, 0.15) is 23.2 Å². The molecular formula is C15H16N4S3. The number of rotatable bonds is 6. The van der Waals surface area contributed by atoms with Crippen LogP contribution in [0.4, 0.5) is 10.8 Å². The fourth-order valence-electron chi connectivity index (χ4n) is 1.86. The van der Waals surface area contributed by atoms with Crippen LogP contribution in [-0.2, 0) is 12.2 Å². The molecule has 0 spiro atoms. The predicted octanol–water partition coefficient (Wildman–Crippen LogP) is 4.90. The zero-order chi connectivity index (χ0) is 15.4. The minimum absolute atomic E-state index is 0.823. The molecule has 0 aliphatic rings. The first-order chi connectivity index (χ1) is 10.7. The number of nitrogens with one attached hydrogen (secondary N) is 1. The maximum atomic E-state index is 4.57. The van der Waals surface area contributed by atoms with Crippen molar-refractivity contribution in [3.8, 4) is 0 Å². The number of thiazole rings is 1. The molecule has 0 saturated heterocycles. The van der Waals surface area contributed by atoms with Crippen molar-refractivity contribution in [2.75, 3.05) is 5.32 Å². The normalized spacial score (nSPS) is 10.8. The maximum absolute atomic E-state index is 4.57. The molecule has 0 bridgehead atoms. The Labute approximate surface area is 142 Å². The van der Waals surface area contributed by atoms with Crippen LogP contribution in [-0.4, -0.2) is 15.2 Å². The van der Waals surface area contributed by atoms with E-state index in [0.717, 1.165) is 33.0 Å². The van der Waals surface area contributed by atoms with Crippen molar-refractivity contribution in [1.29, 1.82) is 0 Å². The second kappa shape index (κ2) is 7.21. The van der Waals surface area contributed by atoms with Crippen LogP contribution < -0.4 is 5.32 Å². The number of hydrogen-bond donors (Lipinski definition) is 1. The third kappa shape index (κ3) is 3.85. The summed E-state index contributed by atoms with van der Waals surface area (Å²) in [7, 11) is 0. The lowest BCUT2D eigenvalue weighted by atomic mass is 10.2. The molecule has 22 heavy (non-hydrogen) atoms. The first-order valence-electron chi connectivity index (χ1n) is 6.97. The molecule has 3 rings (SSSR count). The number of aromatic nitrogens is 3. The van der Waals surface area contributed by atoms with Gasteiger partial charge in [-0.15, -0.1) is 21.5 Å². The average Bonchev–Trinajstić information content (AvgIpc) is 3.16. The molecule has 1 aromatic carbocycles. The van der Waals surface area contributed by atoms with Crippen molar-refractivity contribution >= 4 is 45.3 Å². The number of hydrogen-bond acceptors (Lipinski definition) is 7. The molecule has 3 aromatic rings. The summed E-state index contributed by atoms with van der Waals surface area (Å²) < 4.78 is 0.960. The first kappa shape index (κ1) is 15.5. The third-order valence-electron chi connectivity index (χ3n) is 3.04. The lowest BCUT2D eigenvalue weighted by molar-refractivity contribution is 1.01. The molecule has 4 nitrogen and oxygen atoms in total. The van der Waals surface area contributed by atoms with E-state index in [-0.39, 0.29) is 0 Å². The molecule has 2 heterocycles. The second-order valence-corrected chi connectivity index (χ2v) is 7.83. The Morgan fingerprint density at radius 3 is 2.86 bits per heavy atom. The molecular weight excluding hydrogens is 332 g/mol. The van der Waals surface area contributed by atoms with Gasteiger partial charge in [-0.3, -0.25) is 0 Å². The Balaban J connectivity index is 1.60. The smallest absolute Gasteiger partial charge is 0.210 e. The van der Waals surface area contributed by atoms with Gasteiger partial charge in [0.1, 0.15) is 0 Å². The van der Waals surface area contributed by atoms with E-state index in [9.17, 15) is 0 Å². The Morgan fingerprint density at radius 2 is 2.09 bits per heavy atom. The zero-order valence-electron chi connectivity index (χ0n) is 12.4. The monoisotopic (exact) mass is 348 g/mol. The average molecular weight is 349 g/mol. The van der Waals surface area contributed by atoms with E-state index in [0.29, 0.717) is 0 Å². The lowest BCUT2D eigenvalue weighted by Crippen LogP contribution is -1.91. The highest BCUT2D eigenvalue weighted by Gasteiger charge is 2.08. The number of benzene rings is 1. The van der Waals surface area contributed by atoms with Gasteiger partial charge in [-0.1, -0.05) is 48.2 Å². The number of thioether (sulfide) groups is 1. The van der Waals surface area contributed by atoms with Crippen LogP contribution in [0.15, 0.2) is 34.0 Å². The molecule has 0 unspecified atom stereocenters. The fraction of sp³-hybridized carbons (Fsp3) is 0.267. The summed E-state index contributed by atoms with van der Waals surface area (Å²) in [6, 6.07) is 8.16. The summed E-state index contributed by atoms with van der Waals surface area (Å²) in [4.78, 5) is 4.57. The van der Waals surface area contributed by atoms with Gasteiger partial charge >= 0.3 is 0 Å². The van der Waals surface area contributed by atoms with Crippen LogP contribution in [0.25, 0.3) is 0 Å². The summed E-state index contributed by atoms with van der Waals surface area (Å²) in [6.07, 6.45) is 0.999. The summed E-state index contributed by atoms with van der Waals surface area (Å²) in [5.74, 6) is 0.843. The van der Waals surface area contributed by atoms with Gasteiger partial charge in [0.05, 0.1) is 10.7 Å². The lowest BCUT2D eigenvalue weighted by Gasteiger charge is -2.04. The summed E-state index contributed by atoms with van der Waals surface area (Å²) in [5, 5.41) is 15.9. The van der Waals surface area contributed by atoms with E-state index < -0.39 is 0 Å². The number of aryl methyl sites for hydroxylation is 2. The van der Waals surface area contributed by atoms with Gasteiger partial charge in [0.15, 0.2) is 4.34 Å². The fourth-order valence-corrected chi connectivity index (χ4v) is 4.37. The summed E-state index contributed by atoms with van der Waals surface area (Å²) in [5.41, 5.74) is 3.39. The maximum Gasteiger partial charge on any atom is 0.210 e. The predicted molar refractivity (Wildman–Crippen MR) is 95.4 cm³/mol. The molecule has 0 saturated carbocycles. The van der Waals surface area contributed by atoms with Gasteiger partial charge in [-0.25, -0.2) is 4.98 Å². The van der Waals surface area contributed by atoms with Crippen molar-refractivity contribution in [2.24, 2.45) is 0 Å². The number of para-hydroxylation sites is 1. The van der Waals surface area contributed by atoms with Crippen molar-refractivity contribution in [3.05, 3.63) is 45.9 Å². The minimum atomic E-state index is 0.823. The molecule has 0 aliphatic heterocycles. The van der Waals surface area contributed by atoms with E-state index in [1.54, 1.807) is 34.4 Å². The molecule has 1 N–H and O–H groups in total. The molecule has 0 radical (unpaired) electrons. The van der Waals surface area contributed by atoms with Crippen LogP contribution in [0.3, 0.4) is 0 Å². The van der Waals surface area contributed by atoms with E-state index in [1.165, 1.54) is 10.6 Å². The van der Waals surface area contributed by atoms with Gasteiger partial charge in [-0.2, -0.15) is 0 Å². The molecule has 114 valence electrons. The van der Waals surface area contributed by atoms with Crippen LogP contribution in [0, 0.1) is 6.92 Å². The molecule has 2 aromatic heterocycles. The highest BCUT2D eigenvalue weighted by atomic mass is 32.2. The minimum Gasteiger partial charge on any atom is -0.330 e. The van der Waals surface area contributed by atoms with E-state index >= 15 is 0 Å². The molecule has 0 aliphatic carbocycles. The van der Waals surface area contributed by atoms with Crippen LogP contribution in [0.2, 0.25) is 0 Å². The second-order valence-electron chi connectivity index (χ2n) is 4.69. The van der Waals surface area contributed by atoms with Crippen LogP contribution >= 0.6 is 34.4 Å². The highest BCUT2D eigenvalue weighted by Crippen LogP contribution is 2.30. The summed E-state index contributed by atoms with van der Waals surface area (Å²) in [6.45, 7) is 4.20. The van der Waals surface area contributed by atoms with Crippen molar-refractivity contribution < 1.29 is 0 Å². The van der Waals surface area contributed by atoms with Gasteiger partial charge in [0.25, 0.3) is 0 Å². The zero-order valence-corrected chi connectivity index (χ0v) is 14.8. The molecule has 0 atom stereocenters. The quantitative estimate of drug-likeness (QED) is 0.642. The third-order valence-corrected chi connectivity index (χ3v) is 6.09. The summed E-state index contributed by atoms with van der Waals surface area (Å²) >= 11 is 4.98. The Bertz CT molecular complexity index is 751. The van der Waals surface area contributed by atoms with E-state index in [4.69, 9.17) is 0 Å². The van der Waals surface area contributed by atoms with Crippen LogP contribution in [0.5, 0.6) is 0 Å². The molecule has 7 heteroatoms. The highest BCUT2D eigenvalue weighted by molar-refractivity contribution is 8.00. The van der Waals surface area contributed by atoms with Gasteiger partial charge in [0, 0.05) is 16.8 Å². The van der Waals surface area contributed by atoms with E-state index in [1.807, 2.05) is 18.2 Å². The number of anilines is 2. The Morgan fingerprint density at radius 1 is 1.23 bits per heavy atom. The van der Waals surface area contributed by atoms with Gasteiger partial charge in [0.2, 0.25) is 5.13 Å². The Kier molecular flexibility index (Phi) is 5.07. The topological polar surface area (TPSA) is 50.7 Å². The molecule has 0 fully saturated rings. The standard InChI is InChI=1S/C15H16N4S3/c1-3-13-16-11(8-20-13)9-21-15-19-18-14(22-15)17-12-7-5-4-6-10(12)2/h4-8H,3,9H2,1-2H3,(H,17,18). The largest absolute Gasteiger partial charge is 0.330 e. The van der Waals surface area contributed by atoms with Gasteiger partial charge < -0.3 is 5.32 Å². The van der Waals surface area contributed by atoms with Crippen molar-refractivity contribution in [1.82, 2.24) is 15.2 Å². The number of nitrogens with zero attached hydrogens (tertiary/aromatic N) is 3. The Hall–Kier alpha value is -1.44. The van der Waals surface area contributed by atoms with Crippen molar-refractivity contribution in [3.63, 3.8) is 0 Å². The van der Waals surface area contributed by atoms with E-state index in [2.05, 4.69) is 45.8 Å². The first-order valence-corrected chi connectivity index (χ1v) is 9.65. The van der Waals surface area contributed by atoms with Crippen molar-refractivity contribution in [2.45, 2.75) is 30.4 Å². The SMILES string of the molecule is CCc1nc(CSc2nnc(Nc3ccccc3C)s2)cs1.